The van der Waals surface area contributed by atoms with Crippen LogP contribution in [0.15, 0.2) is 29.2 Å². The normalized spacial score (nSPS) is 15.4. The summed E-state index contributed by atoms with van der Waals surface area (Å²) in [6, 6.07) is 3.49. The molecule has 0 bridgehead atoms. The highest BCUT2D eigenvalue weighted by Crippen LogP contribution is 2.32. The number of rotatable bonds is 4. The van der Waals surface area contributed by atoms with Crippen LogP contribution in [0.2, 0.25) is 0 Å². The van der Waals surface area contributed by atoms with Gasteiger partial charge in [0.2, 0.25) is 0 Å². The van der Waals surface area contributed by atoms with Crippen molar-refractivity contribution in [1.82, 2.24) is 9.97 Å². The monoisotopic (exact) mass is 349 g/mol. The second-order valence-electron chi connectivity index (χ2n) is 6.10. The van der Waals surface area contributed by atoms with E-state index in [1.54, 1.807) is 4.90 Å². The number of aromatic amines is 1. The maximum atomic E-state index is 14.5. The minimum atomic E-state index is -0.857. The summed E-state index contributed by atoms with van der Waals surface area (Å²) in [5, 5.41) is 8.83. The lowest BCUT2D eigenvalue weighted by molar-refractivity contribution is -0.138. The summed E-state index contributed by atoms with van der Waals surface area (Å²) >= 11 is 0. The Kier molecular flexibility index (Phi) is 4.78. The quantitative estimate of drug-likeness (QED) is 0.885. The zero-order chi connectivity index (χ0) is 18.0. The van der Waals surface area contributed by atoms with Gasteiger partial charge in [-0.2, -0.15) is 0 Å². The molecule has 0 atom stereocenters. The second-order valence-corrected chi connectivity index (χ2v) is 6.10. The summed E-state index contributed by atoms with van der Waals surface area (Å²) in [6.07, 6.45) is 2.48. The van der Waals surface area contributed by atoms with Crippen LogP contribution in [-0.4, -0.2) is 34.1 Å². The summed E-state index contributed by atoms with van der Waals surface area (Å²) < 4.78 is 29.0. The van der Waals surface area contributed by atoms with Crippen molar-refractivity contribution in [3.63, 3.8) is 0 Å². The number of aliphatic carboxylic acids is 1. The summed E-state index contributed by atoms with van der Waals surface area (Å²) in [5.74, 6) is -2.21. The molecule has 6 nitrogen and oxygen atoms in total. The Morgan fingerprint density at radius 3 is 2.48 bits per heavy atom. The van der Waals surface area contributed by atoms with Gasteiger partial charge in [-0.25, -0.2) is 13.8 Å². The number of halogens is 2. The highest BCUT2D eigenvalue weighted by atomic mass is 19.1. The SMILES string of the molecule is O=C(O)CC1CCN(c2c(F)cc(-c3nccc(=O)[nH]3)cc2F)CC1. The molecule has 132 valence electrons. The number of nitrogens with one attached hydrogen (secondary N) is 1. The average Bonchev–Trinajstić information content (AvgIpc) is 2.55. The van der Waals surface area contributed by atoms with E-state index in [-0.39, 0.29) is 29.4 Å². The van der Waals surface area contributed by atoms with Gasteiger partial charge in [-0.05, 0) is 30.9 Å². The topological polar surface area (TPSA) is 86.3 Å². The van der Waals surface area contributed by atoms with Crippen molar-refractivity contribution in [3.05, 3.63) is 46.4 Å². The fourth-order valence-corrected chi connectivity index (χ4v) is 3.13. The molecule has 0 unspecified atom stereocenters. The Morgan fingerprint density at radius 1 is 1.28 bits per heavy atom. The first-order valence-electron chi connectivity index (χ1n) is 7.95. The van der Waals surface area contributed by atoms with Crippen LogP contribution in [-0.2, 0) is 4.79 Å². The van der Waals surface area contributed by atoms with Gasteiger partial charge in [0.1, 0.15) is 23.1 Å². The number of carboxylic acid groups (broad SMARTS) is 1. The van der Waals surface area contributed by atoms with Crippen molar-refractivity contribution in [3.8, 4) is 11.4 Å². The van der Waals surface area contributed by atoms with Gasteiger partial charge in [0, 0.05) is 37.3 Å². The van der Waals surface area contributed by atoms with Crippen LogP contribution in [0.5, 0.6) is 0 Å². The van der Waals surface area contributed by atoms with Gasteiger partial charge in [0.15, 0.2) is 0 Å². The Hall–Kier alpha value is -2.77. The molecule has 1 saturated heterocycles. The van der Waals surface area contributed by atoms with Gasteiger partial charge >= 0.3 is 5.97 Å². The van der Waals surface area contributed by atoms with Gasteiger partial charge in [0.05, 0.1) is 0 Å². The third kappa shape index (κ3) is 3.84. The third-order valence-corrected chi connectivity index (χ3v) is 4.36. The Bertz CT molecular complexity index is 822. The van der Waals surface area contributed by atoms with E-state index in [9.17, 15) is 18.4 Å². The zero-order valence-corrected chi connectivity index (χ0v) is 13.3. The molecule has 1 aliphatic rings. The van der Waals surface area contributed by atoms with Crippen molar-refractivity contribution in [2.45, 2.75) is 19.3 Å². The van der Waals surface area contributed by atoms with Crippen molar-refractivity contribution in [1.29, 1.82) is 0 Å². The molecule has 8 heteroatoms. The summed E-state index contributed by atoms with van der Waals surface area (Å²) in [4.78, 5) is 30.0. The summed E-state index contributed by atoms with van der Waals surface area (Å²) in [7, 11) is 0. The predicted octanol–water partition coefficient (Wildman–Crippen LogP) is 2.41. The number of hydrogen-bond acceptors (Lipinski definition) is 4. The predicted molar refractivity (Wildman–Crippen MR) is 87.4 cm³/mol. The number of carboxylic acids is 1. The van der Waals surface area contributed by atoms with E-state index in [1.807, 2.05) is 0 Å². The largest absolute Gasteiger partial charge is 0.481 e. The molecule has 1 aromatic carbocycles. The smallest absolute Gasteiger partial charge is 0.303 e. The van der Waals surface area contributed by atoms with Crippen LogP contribution in [0.4, 0.5) is 14.5 Å². The molecule has 1 aliphatic heterocycles. The molecule has 0 amide bonds. The van der Waals surface area contributed by atoms with E-state index in [2.05, 4.69) is 9.97 Å². The van der Waals surface area contributed by atoms with E-state index in [0.29, 0.717) is 25.9 Å². The lowest BCUT2D eigenvalue weighted by Gasteiger charge is -2.33. The van der Waals surface area contributed by atoms with Gasteiger partial charge in [-0.3, -0.25) is 9.59 Å². The number of carbonyl (C=O) groups is 1. The molecule has 2 aromatic rings. The number of nitrogens with zero attached hydrogens (tertiary/aromatic N) is 2. The lowest BCUT2D eigenvalue weighted by atomic mass is 9.93. The highest BCUT2D eigenvalue weighted by molar-refractivity contribution is 5.67. The number of piperidine rings is 1. The molecule has 3 rings (SSSR count). The van der Waals surface area contributed by atoms with Crippen LogP contribution < -0.4 is 10.5 Å². The molecule has 1 fully saturated rings. The molecule has 0 spiro atoms. The standard InChI is InChI=1S/C17H17F2N3O3/c18-12-8-11(17-20-4-1-14(23)21-17)9-13(19)16(12)22-5-2-10(3-6-22)7-15(24)25/h1,4,8-10H,2-3,5-7H2,(H,24,25)(H,20,21,23). The van der Waals surface area contributed by atoms with E-state index in [4.69, 9.17) is 5.11 Å². The fraction of sp³-hybridized carbons (Fsp3) is 0.353. The molecule has 2 N–H and O–H groups in total. The number of hydrogen-bond donors (Lipinski definition) is 2. The number of aromatic nitrogens is 2. The molecule has 0 radical (unpaired) electrons. The van der Waals surface area contributed by atoms with Crippen LogP contribution in [0.1, 0.15) is 19.3 Å². The zero-order valence-electron chi connectivity index (χ0n) is 13.3. The molecule has 0 saturated carbocycles. The molecule has 25 heavy (non-hydrogen) atoms. The van der Waals surface area contributed by atoms with Crippen molar-refractivity contribution in [2.75, 3.05) is 18.0 Å². The van der Waals surface area contributed by atoms with E-state index >= 15 is 0 Å². The fourth-order valence-electron chi connectivity index (χ4n) is 3.13. The highest BCUT2D eigenvalue weighted by Gasteiger charge is 2.25. The summed E-state index contributed by atoms with van der Waals surface area (Å²) in [5.41, 5.74) is -0.386. The Morgan fingerprint density at radius 2 is 1.92 bits per heavy atom. The van der Waals surface area contributed by atoms with Crippen LogP contribution in [0, 0.1) is 17.6 Å². The molecule has 1 aromatic heterocycles. The average molecular weight is 349 g/mol. The van der Waals surface area contributed by atoms with Gasteiger partial charge in [0.25, 0.3) is 5.56 Å². The minimum Gasteiger partial charge on any atom is -0.481 e. The second kappa shape index (κ2) is 7.00. The first-order chi connectivity index (χ1) is 11.9. The van der Waals surface area contributed by atoms with Crippen LogP contribution >= 0.6 is 0 Å². The maximum Gasteiger partial charge on any atom is 0.303 e. The van der Waals surface area contributed by atoms with E-state index in [1.165, 1.54) is 12.3 Å². The van der Waals surface area contributed by atoms with E-state index in [0.717, 1.165) is 12.1 Å². The Labute approximate surface area is 142 Å². The maximum absolute atomic E-state index is 14.5. The first-order valence-corrected chi connectivity index (χ1v) is 7.95. The summed E-state index contributed by atoms with van der Waals surface area (Å²) in [6.45, 7) is 0.789. The Balaban J connectivity index is 1.82. The van der Waals surface area contributed by atoms with Crippen LogP contribution in [0.3, 0.4) is 0 Å². The lowest BCUT2D eigenvalue weighted by Crippen LogP contribution is -2.35. The molecular formula is C17H17F2N3O3. The molecule has 0 aliphatic carbocycles. The first kappa shape index (κ1) is 17.1. The van der Waals surface area contributed by atoms with Crippen LogP contribution in [0.25, 0.3) is 11.4 Å². The van der Waals surface area contributed by atoms with Crippen molar-refractivity contribution < 1.29 is 18.7 Å². The van der Waals surface area contributed by atoms with Crippen molar-refractivity contribution >= 4 is 11.7 Å². The van der Waals surface area contributed by atoms with Gasteiger partial charge in [-0.1, -0.05) is 0 Å². The molecule has 2 heterocycles. The molecular weight excluding hydrogens is 332 g/mol. The number of anilines is 1. The number of H-pyrrole nitrogens is 1. The van der Waals surface area contributed by atoms with Crippen molar-refractivity contribution in [2.24, 2.45) is 5.92 Å². The third-order valence-electron chi connectivity index (χ3n) is 4.36. The van der Waals surface area contributed by atoms with Gasteiger partial charge in [-0.15, -0.1) is 0 Å². The van der Waals surface area contributed by atoms with E-state index < -0.39 is 23.2 Å². The van der Waals surface area contributed by atoms with Gasteiger partial charge < -0.3 is 15.0 Å². The minimum absolute atomic E-state index is 0.0257. The number of benzene rings is 1.